The van der Waals surface area contributed by atoms with Gasteiger partial charge in [0.15, 0.2) is 0 Å². The highest BCUT2D eigenvalue weighted by Gasteiger charge is 2.42. The molecule has 0 heterocycles. The van der Waals surface area contributed by atoms with Crippen LogP contribution in [-0.2, 0) is 6.42 Å². The van der Waals surface area contributed by atoms with E-state index < -0.39 is 0 Å². The number of rotatable bonds is 5. The van der Waals surface area contributed by atoms with Crippen LogP contribution < -0.4 is 5.32 Å². The van der Waals surface area contributed by atoms with Crippen LogP contribution in [0, 0.1) is 11.2 Å². The molecular formula is C13H17ClFN. The zero-order valence-electron chi connectivity index (χ0n) is 9.52. The van der Waals surface area contributed by atoms with Crippen molar-refractivity contribution < 1.29 is 4.39 Å². The molecule has 0 unspecified atom stereocenters. The maximum Gasteiger partial charge on any atom is 0.142 e. The van der Waals surface area contributed by atoms with Crippen LogP contribution in [0.5, 0.6) is 0 Å². The first-order chi connectivity index (χ1) is 7.67. The lowest BCUT2D eigenvalue weighted by molar-refractivity contribution is 0.462. The standard InChI is InChI=1S/C13H17ClFN/c1-2-16-9-13(6-7-13)8-10-4-3-5-11(15)12(10)14/h3-5,16H,2,6-9H2,1H3. The van der Waals surface area contributed by atoms with Crippen molar-refractivity contribution in [1.29, 1.82) is 0 Å². The molecule has 1 N–H and O–H groups in total. The topological polar surface area (TPSA) is 12.0 Å². The maximum atomic E-state index is 13.3. The van der Waals surface area contributed by atoms with Crippen LogP contribution in [0.3, 0.4) is 0 Å². The molecule has 0 saturated heterocycles. The summed E-state index contributed by atoms with van der Waals surface area (Å²) in [6.07, 6.45) is 3.32. The number of halogens is 2. The van der Waals surface area contributed by atoms with Crippen LogP contribution in [0.15, 0.2) is 18.2 Å². The summed E-state index contributed by atoms with van der Waals surface area (Å²) in [7, 11) is 0. The maximum absolute atomic E-state index is 13.3. The molecule has 88 valence electrons. The number of hydrogen-bond donors (Lipinski definition) is 1. The number of nitrogens with one attached hydrogen (secondary N) is 1. The molecule has 0 aromatic heterocycles. The third-order valence-electron chi connectivity index (χ3n) is 3.30. The predicted octanol–water partition coefficient (Wildman–Crippen LogP) is 3.41. The molecule has 3 heteroatoms. The minimum Gasteiger partial charge on any atom is -0.316 e. The number of hydrogen-bond acceptors (Lipinski definition) is 1. The quantitative estimate of drug-likeness (QED) is 0.833. The normalized spacial score (nSPS) is 17.4. The lowest BCUT2D eigenvalue weighted by atomic mass is 9.96. The van der Waals surface area contributed by atoms with Crippen molar-refractivity contribution in [2.45, 2.75) is 26.2 Å². The van der Waals surface area contributed by atoms with Crippen LogP contribution in [0.25, 0.3) is 0 Å². The average molecular weight is 242 g/mol. The molecule has 1 aromatic rings. The predicted molar refractivity (Wildman–Crippen MR) is 65.3 cm³/mol. The van der Waals surface area contributed by atoms with E-state index in [0.29, 0.717) is 10.4 Å². The van der Waals surface area contributed by atoms with Crippen molar-refractivity contribution in [3.8, 4) is 0 Å². The van der Waals surface area contributed by atoms with E-state index >= 15 is 0 Å². The molecule has 0 amide bonds. The summed E-state index contributed by atoms with van der Waals surface area (Å²) in [6, 6.07) is 5.08. The van der Waals surface area contributed by atoms with E-state index in [4.69, 9.17) is 11.6 Å². The van der Waals surface area contributed by atoms with E-state index in [-0.39, 0.29) is 5.82 Å². The van der Waals surface area contributed by atoms with E-state index in [9.17, 15) is 4.39 Å². The Hall–Kier alpha value is -0.600. The highest BCUT2D eigenvalue weighted by molar-refractivity contribution is 6.31. The average Bonchev–Trinajstić information content (AvgIpc) is 3.03. The third-order valence-corrected chi connectivity index (χ3v) is 3.73. The highest BCUT2D eigenvalue weighted by Crippen LogP contribution is 2.48. The fraction of sp³-hybridized carbons (Fsp3) is 0.538. The van der Waals surface area contributed by atoms with E-state index in [1.54, 1.807) is 6.07 Å². The fourth-order valence-electron chi connectivity index (χ4n) is 2.07. The van der Waals surface area contributed by atoms with Gasteiger partial charge in [0.25, 0.3) is 0 Å². The Bertz CT molecular complexity index is 374. The summed E-state index contributed by atoms with van der Waals surface area (Å²) >= 11 is 5.97. The molecule has 1 aliphatic carbocycles. The summed E-state index contributed by atoms with van der Waals surface area (Å²) in [5.41, 5.74) is 1.27. The van der Waals surface area contributed by atoms with Gasteiger partial charge in [0, 0.05) is 6.54 Å². The number of benzene rings is 1. The Kier molecular flexibility index (Phi) is 3.50. The Morgan fingerprint density at radius 2 is 2.19 bits per heavy atom. The summed E-state index contributed by atoms with van der Waals surface area (Å²) in [5, 5.41) is 3.67. The monoisotopic (exact) mass is 241 g/mol. The van der Waals surface area contributed by atoms with Gasteiger partial charge in [-0.2, -0.15) is 0 Å². The van der Waals surface area contributed by atoms with E-state index in [1.807, 2.05) is 6.07 Å². The Balaban J connectivity index is 2.06. The first kappa shape index (κ1) is 11.9. The molecule has 1 aromatic carbocycles. The van der Waals surface area contributed by atoms with Gasteiger partial charge in [0.05, 0.1) is 5.02 Å². The summed E-state index contributed by atoms with van der Waals surface area (Å²) in [6.45, 7) is 4.10. The highest BCUT2D eigenvalue weighted by atomic mass is 35.5. The smallest absolute Gasteiger partial charge is 0.142 e. The van der Waals surface area contributed by atoms with Crippen molar-refractivity contribution in [1.82, 2.24) is 5.32 Å². The first-order valence-corrected chi connectivity index (χ1v) is 6.18. The second kappa shape index (κ2) is 4.72. The van der Waals surface area contributed by atoms with Crippen LogP contribution in [0.2, 0.25) is 5.02 Å². The van der Waals surface area contributed by atoms with Crippen molar-refractivity contribution in [3.63, 3.8) is 0 Å². The van der Waals surface area contributed by atoms with Crippen LogP contribution in [0.1, 0.15) is 25.3 Å². The molecule has 2 rings (SSSR count). The van der Waals surface area contributed by atoms with Crippen molar-refractivity contribution >= 4 is 11.6 Å². The van der Waals surface area contributed by atoms with Gasteiger partial charge in [0.1, 0.15) is 5.82 Å². The second-order valence-corrected chi connectivity index (χ2v) is 5.05. The van der Waals surface area contributed by atoms with Gasteiger partial charge in [-0.25, -0.2) is 4.39 Å². The largest absolute Gasteiger partial charge is 0.316 e. The van der Waals surface area contributed by atoms with E-state index in [2.05, 4.69) is 12.2 Å². The molecule has 1 fully saturated rings. The molecule has 0 atom stereocenters. The third kappa shape index (κ3) is 2.55. The molecular weight excluding hydrogens is 225 g/mol. The van der Waals surface area contributed by atoms with Gasteiger partial charge in [-0.15, -0.1) is 0 Å². The van der Waals surface area contributed by atoms with E-state index in [0.717, 1.165) is 25.1 Å². The van der Waals surface area contributed by atoms with Crippen LogP contribution >= 0.6 is 11.6 Å². The van der Waals surface area contributed by atoms with Crippen molar-refractivity contribution in [2.24, 2.45) is 5.41 Å². The lowest BCUT2D eigenvalue weighted by Crippen LogP contribution is -2.25. The summed E-state index contributed by atoms with van der Waals surface area (Å²) < 4.78 is 13.3. The molecule has 0 aliphatic heterocycles. The van der Waals surface area contributed by atoms with Crippen molar-refractivity contribution in [3.05, 3.63) is 34.6 Å². The minimum absolute atomic E-state index is 0.297. The summed E-state index contributed by atoms with van der Waals surface area (Å²) in [5.74, 6) is -0.307. The molecule has 16 heavy (non-hydrogen) atoms. The lowest BCUT2D eigenvalue weighted by Gasteiger charge is -2.16. The van der Waals surface area contributed by atoms with Crippen molar-refractivity contribution in [2.75, 3.05) is 13.1 Å². The van der Waals surface area contributed by atoms with Gasteiger partial charge in [-0.05, 0) is 42.9 Å². The minimum atomic E-state index is -0.307. The summed E-state index contributed by atoms with van der Waals surface area (Å²) in [4.78, 5) is 0. The SMILES string of the molecule is CCNCC1(Cc2cccc(F)c2Cl)CC1. The van der Waals surface area contributed by atoms with Crippen LogP contribution in [0.4, 0.5) is 4.39 Å². The molecule has 0 spiro atoms. The molecule has 1 saturated carbocycles. The van der Waals surface area contributed by atoms with Gasteiger partial charge in [0.2, 0.25) is 0 Å². The Labute approximate surface area is 101 Å². The Morgan fingerprint density at radius 1 is 1.44 bits per heavy atom. The molecule has 1 nitrogen and oxygen atoms in total. The van der Waals surface area contributed by atoms with Gasteiger partial charge < -0.3 is 5.32 Å². The molecule has 1 aliphatic rings. The van der Waals surface area contributed by atoms with E-state index in [1.165, 1.54) is 18.9 Å². The van der Waals surface area contributed by atoms with Crippen LogP contribution in [-0.4, -0.2) is 13.1 Å². The first-order valence-electron chi connectivity index (χ1n) is 5.80. The van der Waals surface area contributed by atoms with Gasteiger partial charge in [-0.1, -0.05) is 30.7 Å². The fourth-order valence-corrected chi connectivity index (χ4v) is 2.26. The zero-order chi connectivity index (χ0) is 11.6. The van der Waals surface area contributed by atoms with Gasteiger partial charge >= 0.3 is 0 Å². The second-order valence-electron chi connectivity index (χ2n) is 4.67. The molecule has 0 bridgehead atoms. The zero-order valence-corrected chi connectivity index (χ0v) is 10.3. The van der Waals surface area contributed by atoms with Gasteiger partial charge in [-0.3, -0.25) is 0 Å². The Morgan fingerprint density at radius 3 is 2.81 bits per heavy atom. The molecule has 0 radical (unpaired) electrons.